The van der Waals surface area contributed by atoms with Crippen molar-refractivity contribution in [1.29, 1.82) is 0 Å². The summed E-state index contributed by atoms with van der Waals surface area (Å²) in [6, 6.07) is 9.61. The van der Waals surface area contributed by atoms with Gasteiger partial charge in [-0.3, -0.25) is 4.68 Å². The van der Waals surface area contributed by atoms with Crippen LogP contribution in [-0.2, 0) is 12.1 Å². The van der Waals surface area contributed by atoms with Crippen molar-refractivity contribution in [3.8, 4) is 0 Å². The molecular weight excluding hydrogens is 280 g/mol. The minimum Gasteiger partial charge on any atom is -0.379 e. The molecule has 0 fully saturated rings. The van der Waals surface area contributed by atoms with Crippen LogP contribution in [0.5, 0.6) is 0 Å². The third-order valence-corrected chi connectivity index (χ3v) is 3.47. The minimum atomic E-state index is -1.05. The molecule has 1 aromatic heterocycles. The van der Waals surface area contributed by atoms with Gasteiger partial charge in [-0.05, 0) is 35.3 Å². The SMILES string of the molecule is CCn1ncc(Br)c1C(C)(O)c1ccccc1. The van der Waals surface area contributed by atoms with E-state index >= 15 is 0 Å². The number of hydrogen-bond donors (Lipinski definition) is 1. The molecule has 1 unspecified atom stereocenters. The zero-order chi connectivity index (χ0) is 12.5. The van der Waals surface area contributed by atoms with Gasteiger partial charge < -0.3 is 5.11 Å². The van der Waals surface area contributed by atoms with Crippen LogP contribution < -0.4 is 0 Å². The van der Waals surface area contributed by atoms with Crippen molar-refractivity contribution in [3.63, 3.8) is 0 Å². The molecule has 0 saturated carbocycles. The summed E-state index contributed by atoms with van der Waals surface area (Å²) in [7, 11) is 0. The Bertz CT molecular complexity index is 505. The number of rotatable bonds is 3. The Morgan fingerprint density at radius 2 is 2.00 bits per heavy atom. The van der Waals surface area contributed by atoms with Gasteiger partial charge in [-0.25, -0.2) is 0 Å². The summed E-state index contributed by atoms with van der Waals surface area (Å²) in [6.07, 6.45) is 1.72. The molecule has 0 spiro atoms. The second-order valence-electron chi connectivity index (χ2n) is 4.10. The monoisotopic (exact) mass is 294 g/mol. The lowest BCUT2D eigenvalue weighted by Gasteiger charge is -2.25. The third-order valence-electron chi connectivity index (χ3n) is 2.89. The largest absolute Gasteiger partial charge is 0.379 e. The first-order valence-corrected chi connectivity index (χ1v) is 6.36. The maximum atomic E-state index is 10.7. The number of benzene rings is 1. The van der Waals surface area contributed by atoms with Gasteiger partial charge >= 0.3 is 0 Å². The van der Waals surface area contributed by atoms with Gasteiger partial charge in [0.2, 0.25) is 0 Å². The van der Waals surface area contributed by atoms with Crippen molar-refractivity contribution >= 4 is 15.9 Å². The molecule has 0 radical (unpaired) electrons. The highest BCUT2D eigenvalue weighted by Gasteiger charge is 2.31. The standard InChI is InChI=1S/C13H15BrN2O/c1-3-16-12(11(14)9-15-16)13(2,17)10-7-5-4-6-8-10/h4-9,17H,3H2,1-2H3. The lowest BCUT2D eigenvalue weighted by molar-refractivity contribution is 0.0910. The third kappa shape index (κ3) is 2.15. The fourth-order valence-corrected chi connectivity index (χ4v) is 2.67. The topological polar surface area (TPSA) is 38.0 Å². The molecule has 1 atom stereocenters. The van der Waals surface area contributed by atoms with Crippen LogP contribution in [0.4, 0.5) is 0 Å². The van der Waals surface area contributed by atoms with Crippen LogP contribution in [0.3, 0.4) is 0 Å². The molecule has 0 aliphatic rings. The molecule has 4 heteroatoms. The summed E-state index contributed by atoms with van der Waals surface area (Å²) in [5.41, 5.74) is 0.592. The molecule has 1 aromatic carbocycles. The molecule has 1 N–H and O–H groups in total. The van der Waals surface area contributed by atoms with Crippen molar-refractivity contribution in [1.82, 2.24) is 9.78 Å². The Morgan fingerprint density at radius 1 is 1.35 bits per heavy atom. The van der Waals surface area contributed by atoms with E-state index in [1.54, 1.807) is 17.8 Å². The van der Waals surface area contributed by atoms with Crippen molar-refractivity contribution in [3.05, 3.63) is 52.3 Å². The summed E-state index contributed by atoms with van der Waals surface area (Å²) >= 11 is 3.45. The maximum absolute atomic E-state index is 10.7. The molecule has 0 saturated heterocycles. The Kier molecular flexibility index (Phi) is 3.35. The predicted molar refractivity (Wildman–Crippen MR) is 70.7 cm³/mol. The summed E-state index contributed by atoms with van der Waals surface area (Å²) in [6.45, 7) is 4.52. The lowest BCUT2D eigenvalue weighted by Crippen LogP contribution is -2.27. The van der Waals surface area contributed by atoms with Gasteiger partial charge in [0.1, 0.15) is 5.60 Å². The lowest BCUT2D eigenvalue weighted by atomic mass is 9.92. The molecule has 0 aliphatic heterocycles. The van der Waals surface area contributed by atoms with Crippen LogP contribution in [0.15, 0.2) is 41.0 Å². The molecule has 2 aromatic rings. The zero-order valence-corrected chi connectivity index (χ0v) is 11.5. The first-order valence-electron chi connectivity index (χ1n) is 5.57. The molecule has 0 amide bonds. The number of hydrogen-bond acceptors (Lipinski definition) is 2. The molecule has 17 heavy (non-hydrogen) atoms. The van der Waals surface area contributed by atoms with Crippen LogP contribution in [0, 0.1) is 0 Å². The minimum absolute atomic E-state index is 0.726. The van der Waals surface area contributed by atoms with Crippen molar-refractivity contribution in [2.24, 2.45) is 0 Å². The number of aromatic nitrogens is 2. The van der Waals surface area contributed by atoms with Crippen molar-refractivity contribution in [2.75, 3.05) is 0 Å². The quantitative estimate of drug-likeness (QED) is 0.945. The van der Waals surface area contributed by atoms with Crippen LogP contribution in [0.2, 0.25) is 0 Å². The highest BCUT2D eigenvalue weighted by atomic mass is 79.9. The normalized spacial score (nSPS) is 14.6. The van der Waals surface area contributed by atoms with E-state index in [9.17, 15) is 5.11 Å². The van der Waals surface area contributed by atoms with E-state index in [0.29, 0.717) is 0 Å². The molecule has 3 nitrogen and oxygen atoms in total. The Hall–Kier alpha value is -1.13. The van der Waals surface area contributed by atoms with Gasteiger partial charge in [0.05, 0.1) is 16.4 Å². The molecular formula is C13H15BrN2O. The van der Waals surface area contributed by atoms with Gasteiger partial charge in [0.25, 0.3) is 0 Å². The summed E-state index contributed by atoms with van der Waals surface area (Å²) in [5, 5.41) is 15.0. The van der Waals surface area contributed by atoms with Crippen LogP contribution in [0.25, 0.3) is 0 Å². The molecule has 1 heterocycles. The van der Waals surface area contributed by atoms with E-state index in [1.165, 1.54) is 0 Å². The number of halogens is 1. The van der Waals surface area contributed by atoms with E-state index in [1.807, 2.05) is 37.3 Å². The van der Waals surface area contributed by atoms with Crippen molar-refractivity contribution in [2.45, 2.75) is 26.0 Å². The first-order chi connectivity index (χ1) is 8.07. The van der Waals surface area contributed by atoms with Gasteiger partial charge in [-0.1, -0.05) is 30.3 Å². The maximum Gasteiger partial charge on any atom is 0.129 e. The zero-order valence-electron chi connectivity index (χ0n) is 9.89. The van der Waals surface area contributed by atoms with E-state index in [0.717, 1.165) is 22.3 Å². The summed E-state index contributed by atoms with van der Waals surface area (Å²) < 4.78 is 2.63. The second-order valence-corrected chi connectivity index (χ2v) is 4.95. The molecule has 2 rings (SSSR count). The van der Waals surface area contributed by atoms with E-state index in [2.05, 4.69) is 21.0 Å². The predicted octanol–water partition coefficient (Wildman–Crippen LogP) is 2.92. The van der Waals surface area contributed by atoms with Crippen LogP contribution in [0.1, 0.15) is 25.1 Å². The van der Waals surface area contributed by atoms with Gasteiger partial charge in [-0.15, -0.1) is 0 Å². The first kappa shape index (κ1) is 12.3. The summed E-state index contributed by atoms with van der Waals surface area (Å²) in [4.78, 5) is 0. The van der Waals surface area contributed by atoms with Crippen molar-refractivity contribution < 1.29 is 5.11 Å². The Labute approximate surface area is 109 Å². The number of aliphatic hydroxyl groups is 1. The highest BCUT2D eigenvalue weighted by molar-refractivity contribution is 9.10. The molecule has 90 valence electrons. The van der Waals surface area contributed by atoms with E-state index < -0.39 is 5.60 Å². The average molecular weight is 295 g/mol. The fraction of sp³-hybridized carbons (Fsp3) is 0.308. The van der Waals surface area contributed by atoms with Gasteiger partial charge in [0.15, 0.2) is 0 Å². The smallest absolute Gasteiger partial charge is 0.129 e. The molecule has 0 bridgehead atoms. The van der Waals surface area contributed by atoms with Crippen LogP contribution >= 0.6 is 15.9 Å². The van der Waals surface area contributed by atoms with Crippen LogP contribution in [-0.4, -0.2) is 14.9 Å². The average Bonchev–Trinajstić information content (AvgIpc) is 2.72. The second kappa shape index (κ2) is 4.63. The van der Waals surface area contributed by atoms with Gasteiger partial charge in [-0.2, -0.15) is 5.10 Å². The highest BCUT2D eigenvalue weighted by Crippen LogP contribution is 2.33. The molecule has 0 aliphatic carbocycles. The van der Waals surface area contributed by atoms with Gasteiger partial charge in [0, 0.05) is 6.54 Å². The summed E-state index contributed by atoms with van der Waals surface area (Å²) in [5.74, 6) is 0. The van der Waals surface area contributed by atoms with E-state index in [4.69, 9.17) is 0 Å². The number of nitrogens with zero attached hydrogens (tertiary/aromatic N) is 2. The fourth-order valence-electron chi connectivity index (χ4n) is 1.99. The van der Waals surface area contributed by atoms with E-state index in [-0.39, 0.29) is 0 Å². The Balaban J connectivity index is 2.55. The Morgan fingerprint density at radius 3 is 2.59 bits per heavy atom. The number of aryl methyl sites for hydroxylation is 1.